The third kappa shape index (κ3) is 5.67. The van der Waals surface area contributed by atoms with Gasteiger partial charge in [0.2, 0.25) is 0 Å². The van der Waals surface area contributed by atoms with Gasteiger partial charge >= 0.3 is 0 Å². The number of rotatable bonds is 8. The zero-order valence-electron chi connectivity index (χ0n) is 11.7. The first-order valence-corrected chi connectivity index (χ1v) is 7.57. The minimum absolute atomic E-state index is 0.278. The van der Waals surface area contributed by atoms with Gasteiger partial charge in [0.15, 0.2) is 0 Å². The van der Waals surface area contributed by atoms with Crippen LogP contribution >= 0.6 is 15.9 Å². The third-order valence-electron chi connectivity index (χ3n) is 2.86. The molecule has 0 heterocycles. The molecule has 2 nitrogen and oxygen atoms in total. The first kappa shape index (κ1) is 16.1. The Kier molecular flexibility index (Phi) is 7.62. The van der Waals surface area contributed by atoms with E-state index in [1.807, 2.05) is 12.1 Å². The van der Waals surface area contributed by atoms with Crippen molar-refractivity contribution < 1.29 is 4.74 Å². The lowest BCUT2D eigenvalue weighted by Gasteiger charge is -2.18. The summed E-state index contributed by atoms with van der Waals surface area (Å²) in [4.78, 5) is 0. The van der Waals surface area contributed by atoms with E-state index in [9.17, 15) is 0 Å². The van der Waals surface area contributed by atoms with Gasteiger partial charge in [-0.15, -0.1) is 12.3 Å². The van der Waals surface area contributed by atoms with Gasteiger partial charge in [-0.05, 0) is 44.5 Å². The maximum Gasteiger partial charge on any atom is 0.124 e. The number of hydrogen-bond donors (Lipinski definition) is 1. The van der Waals surface area contributed by atoms with E-state index >= 15 is 0 Å². The van der Waals surface area contributed by atoms with Gasteiger partial charge in [-0.3, -0.25) is 0 Å². The van der Waals surface area contributed by atoms with Crippen LogP contribution < -0.4 is 10.1 Å². The molecule has 0 saturated heterocycles. The molecule has 0 spiro atoms. The number of nitrogens with one attached hydrogen (secondary N) is 1. The Bertz CT molecular complexity index is 425. The molecule has 0 radical (unpaired) electrons. The fourth-order valence-electron chi connectivity index (χ4n) is 1.82. The Morgan fingerprint density at radius 3 is 2.95 bits per heavy atom. The molecule has 3 heteroatoms. The van der Waals surface area contributed by atoms with Crippen molar-refractivity contribution in [2.24, 2.45) is 0 Å². The summed E-state index contributed by atoms with van der Waals surface area (Å²) in [6.07, 6.45) is 8.01. The van der Waals surface area contributed by atoms with E-state index in [4.69, 9.17) is 11.2 Å². The van der Waals surface area contributed by atoms with Crippen molar-refractivity contribution in [3.63, 3.8) is 0 Å². The molecule has 1 rings (SSSR count). The van der Waals surface area contributed by atoms with Crippen molar-refractivity contribution in [1.82, 2.24) is 5.32 Å². The zero-order valence-corrected chi connectivity index (χ0v) is 13.3. The molecule has 1 atom stereocenters. The molecule has 1 N–H and O–H groups in total. The van der Waals surface area contributed by atoms with Crippen LogP contribution in [0.15, 0.2) is 22.7 Å². The van der Waals surface area contributed by atoms with E-state index in [2.05, 4.69) is 47.1 Å². The minimum Gasteiger partial charge on any atom is -0.493 e. The van der Waals surface area contributed by atoms with Crippen LogP contribution in [0.4, 0.5) is 0 Å². The average Bonchev–Trinajstić information content (AvgIpc) is 2.42. The highest BCUT2D eigenvalue weighted by Gasteiger charge is 2.11. The molecule has 19 heavy (non-hydrogen) atoms. The van der Waals surface area contributed by atoms with Gasteiger partial charge < -0.3 is 10.1 Å². The smallest absolute Gasteiger partial charge is 0.124 e. The highest BCUT2D eigenvalue weighted by atomic mass is 79.9. The molecule has 0 fully saturated rings. The van der Waals surface area contributed by atoms with Crippen LogP contribution in [0.3, 0.4) is 0 Å². The second-order valence-corrected chi connectivity index (χ2v) is 5.43. The van der Waals surface area contributed by atoms with Gasteiger partial charge in [-0.1, -0.05) is 22.9 Å². The Morgan fingerprint density at radius 2 is 2.26 bits per heavy atom. The molecule has 0 aromatic heterocycles. The van der Waals surface area contributed by atoms with Crippen LogP contribution in [0.5, 0.6) is 5.75 Å². The minimum atomic E-state index is 0.278. The summed E-state index contributed by atoms with van der Waals surface area (Å²) in [5.74, 6) is 3.57. The second kappa shape index (κ2) is 9.01. The van der Waals surface area contributed by atoms with Gasteiger partial charge in [-0.25, -0.2) is 0 Å². The van der Waals surface area contributed by atoms with Gasteiger partial charge in [-0.2, -0.15) is 0 Å². The monoisotopic (exact) mass is 323 g/mol. The largest absolute Gasteiger partial charge is 0.493 e. The van der Waals surface area contributed by atoms with Crippen molar-refractivity contribution in [2.45, 2.75) is 39.2 Å². The van der Waals surface area contributed by atoms with Gasteiger partial charge in [0, 0.05) is 22.5 Å². The summed E-state index contributed by atoms with van der Waals surface area (Å²) in [7, 11) is 0. The van der Waals surface area contributed by atoms with Crippen molar-refractivity contribution in [1.29, 1.82) is 0 Å². The van der Waals surface area contributed by atoms with Gasteiger partial charge in [0.05, 0.1) is 6.61 Å². The fraction of sp³-hybridized carbons (Fsp3) is 0.500. The van der Waals surface area contributed by atoms with Crippen LogP contribution in [0.2, 0.25) is 0 Å². The number of unbranched alkanes of at least 4 members (excludes halogenated alkanes) is 1. The van der Waals surface area contributed by atoms with Crippen LogP contribution in [-0.4, -0.2) is 13.2 Å². The van der Waals surface area contributed by atoms with Crippen molar-refractivity contribution in [3.8, 4) is 18.1 Å². The van der Waals surface area contributed by atoms with Crippen LogP contribution in [-0.2, 0) is 0 Å². The molecule has 0 saturated carbocycles. The lowest BCUT2D eigenvalue weighted by molar-refractivity contribution is 0.306. The molecule has 0 amide bonds. The maximum atomic E-state index is 5.84. The van der Waals surface area contributed by atoms with Crippen molar-refractivity contribution in [2.75, 3.05) is 13.2 Å². The first-order chi connectivity index (χ1) is 9.19. The Morgan fingerprint density at radius 1 is 1.47 bits per heavy atom. The zero-order chi connectivity index (χ0) is 14.1. The van der Waals surface area contributed by atoms with E-state index in [0.717, 1.165) is 36.0 Å². The Balaban J connectivity index is 2.71. The molecule has 104 valence electrons. The summed E-state index contributed by atoms with van der Waals surface area (Å²) in [6, 6.07) is 6.41. The molecular formula is C16H22BrNO. The Hall–Kier alpha value is -0.980. The summed E-state index contributed by atoms with van der Waals surface area (Å²) in [5, 5.41) is 3.48. The summed E-state index contributed by atoms with van der Waals surface area (Å²) < 4.78 is 6.91. The number of hydrogen-bond acceptors (Lipinski definition) is 2. The average molecular weight is 324 g/mol. The van der Waals surface area contributed by atoms with Gasteiger partial charge in [0.1, 0.15) is 5.75 Å². The first-order valence-electron chi connectivity index (χ1n) is 6.78. The van der Waals surface area contributed by atoms with E-state index in [1.54, 1.807) is 0 Å². The molecule has 0 aliphatic heterocycles. The van der Waals surface area contributed by atoms with Crippen LogP contribution in [0, 0.1) is 12.3 Å². The SMILES string of the molecule is C#CCCCOc1ccc(Br)cc1C(C)NCCC. The number of benzene rings is 1. The molecule has 1 aromatic rings. The van der Waals surface area contributed by atoms with E-state index in [0.29, 0.717) is 6.61 Å². The molecular weight excluding hydrogens is 302 g/mol. The summed E-state index contributed by atoms with van der Waals surface area (Å²) >= 11 is 3.52. The Labute approximate surface area is 125 Å². The summed E-state index contributed by atoms with van der Waals surface area (Å²) in [5.41, 5.74) is 1.18. The quantitative estimate of drug-likeness (QED) is 0.568. The van der Waals surface area contributed by atoms with E-state index < -0.39 is 0 Å². The lowest BCUT2D eigenvalue weighted by Crippen LogP contribution is -2.20. The number of terminal acetylenes is 1. The number of halogens is 1. The molecule has 0 bridgehead atoms. The van der Waals surface area contributed by atoms with Crippen LogP contribution in [0.25, 0.3) is 0 Å². The highest BCUT2D eigenvalue weighted by molar-refractivity contribution is 9.10. The second-order valence-electron chi connectivity index (χ2n) is 4.51. The van der Waals surface area contributed by atoms with E-state index in [1.165, 1.54) is 5.56 Å². The molecule has 0 aliphatic rings. The number of ether oxygens (including phenoxy) is 1. The third-order valence-corrected chi connectivity index (χ3v) is 3.36. The van der Waals surface area contributed by atoms with Gasteiger partial charge in [0.25, 0.3) is 0 Å². The molecule has 0 aliphatic carbocycles. The van der Waals surface area contributed by atoms with Crippen molar-refractivity contribution >= 4 is 15.9 Å². The standard InChI is InChI=1S/C16H22BrNO/c1-4-6-7-11-19-16-9-8-14(17)12-15(16)13(3)18-10-5-2/h1,8-9,12-13,18H,5-7,10-11H2,2-3H3. The topological polar surface area (TPSA) is 21.3 Å². The maximum absolute atomic E-state index is 5.84. The lowest BCUT2D eigenvalue weighted by atomic mass is 10.1. The molecule has 1 unspecified atom stereocenters. The normalized spacial score (nSPS) is 11.9. The van der Waals surface area contributed by atoms with Crippen LogP contribution in [0.1, 0.15) is 44.7 Å². The fourth-order valence-corrected chi connectivity index (χ4v) is 2.20. The predicted octanol–water partition coefficient (Wildman–Crippen LogP) is 4.30. The van der Waals surface area contributed by atoms with E-state index in [-0.39, 0.29) is 6.04 Å². The van der Waals surface area contributed by atoms with Crippen molar-refractivity contribution in [3.05, 3.63) is 28.2 Å². The molecule has 1 aromatic carbocycles. The summed E-state index contributed by atoms with van der Waals surface area (Å²) in [6.45, 7) is 5.99. The highest BCUT2D eigenvalue weighted by Crippen LogP contribution is 2.28. The predicted molar refractivity (Wildman–Crippen MR) is 84.4 cm³/mol.